The van der Waals surface area contributed by atoms with Gasteiger partial charge in [0.05, 0.1) is 6.04 Å². The van der Waals surface area contributed by atoms with Crippen molar-refractivity contribution in [3.63, 3.8) is 0 Å². The molecule has 26 heavy (non-hydrogen) atoms. The van der Waals surface area contributed by atoms with E-state index in [4.69, 9.17) is 9.47 Å². The summed E-state index contributed by atoms with van der Waals surface area (Å²) in [5.41, 5.74) is 1.26. The molecule has 2 atom stereocenters. The van der Waals surface area contributed by atoms with Crippen molar-refractivity contribution in [1.29, 1.82) is 0 Å². The summed E-state index contributed by atoms with van der Waals surface area (Å²) < 4.78 is 10.7. The molecule has 0 unspecified atom stereocenters. The highest BCUT2D eigenvalue weighted by Crippen LogP contribution is 2.24. The Morgan fingerprint density at radius 3 is 2.46 bits per heavy atom. The van der Waals surface area contributed by atoms with Crippen LogP contribution in [-0.4, -0.2) is 41.8 Å². The number of likely N-dealkylation sites (tertiary alicyclic amines) is 1. The molecule has 1 fully saturated rings. The van der Waals surface area contributed by atoms with Crippen LogP contribution in [0, 0.1) is 5.92 Å². The SMILES string of the molecule is C=C(C)[C@H]1CN(C(=O)OCc2ccccc2)C[C@H]1NC(=O)OC(C)(C)C. The van der Waals surface area contributed by atoms with E-state index in [1.165, 1.54) is 0 Å². The fourth-order valence-electron chi connectivity index (χ4n) is 2.87. The summed E-state index contributed by atoms with van der Waals surface area (Å²) in [5, 5.41) is 2.85. The fraction of sp³-hybridized carbons (Fsp3) is 0.500. The molecule has 1 N–H and O–H groups in total. The first kappa shape index (κ1) is 19.8. The van der Waals surface area contributed by atoms with Gasteiger partial charge < -0.3 is 19.7 Å². The van der Waals surface area contributed by atoms with Gasteiger partial charge in [-0.25, -0.2) is 9.59 Å². The van der Waals surface area contributed by atoms with Crippen molar-refractivity contribution < 1.29 is 19.1 Å². The lowest BCUT2D eigenvalue weighted by Gasteiger charge is -2.24. The Kier molecular flexibility index (Phi) is 6.29. The second-order valence-corrected chi connectivity index (χ2v) is 7.65. The summed E-state index contributed by atoms with van der Waals surface area (Å²) in [4.78, 5) is 26.1. The van der Waals surface area contributed by atoms with Crippen LogP contribution in [0.2, 0.25) is 0 Å². The molecule has 2 rings (SSSR count). The molecule has 0 aromatic heterocycles. The van der Waals surface area contributed by atoms with Gasteiger partial charge in [-0.2, -0.15) is 0 Å². The largest absolute Gasteiger partial charge is 0.445 e. The zero-order valence-corrected chi connectivity index (χ0v) is 16.0. The minimum atomic E-state index is -0.574. The van der Waals surface area contributed by atoms with Gasteiger partial charge >= 0.3 is 12.2 Å². The van der Waals surface area contributed by atoms with E-state index in [9.17, 15) is 9.59 Å². The molecule has 1 aliphatic heterocycles. The summed E-state index contributed by atoms with van der Waals surface area (Å²) in [6.45, 7) is 12.4. The first-order valence-electron chi connectivity index (χ1n) is 8.76. The summed E-state index contributed by atoms with van der Waals surface area (Å²) >= 11 is 0. The Bertz CT molecular complexity index is 652. The van der Waals surface area contributed by atoms with Crippen molar-refractivity contribution in [3.05, 3.63) is 48.0 Å². The number of ether oxygens (including phenoxy) is 2. The van der Waals surface area contributed by atoms with E-state index >= 15 is 0 Å². The summed E-state index contributed by atoms with van der Waals surface area (Å²) in [6, 6.07) is 9.28. The van der Waals surface area contributed by atoms with Crippen molar-refractivity contribution in [1.82, 2.24) is 10.2 Å². The number of carbonyl (C=O) groups excluding carboxylic acids is 2. The Hall–Kier alpha value is -2.50. The highest BCUT2D eigenvalue weighted by molar-refractivity contribution is 5.70. The third-order valence-corrected chi connectivity index (χ3v) is 4.12. The zero-order chi connectivity index (χ0) is 19.3. The van der Waals surface area contributed by atoms with Gasteiger partial charge in [-0.1, -0.05) is 42.5 Å². The lowest BCUT2D eigenvalue weighted by Crippen LogP contribution is -2.43. The molecular weight excluding hydrogens is 332 g/mol. The highest BCUT2D eigenvalue weighted by Gasteiger charge is 2.38. The lowest BCUT2D eigenvalue weighted by atomic mass is 9.97. The van der Waals surface area contributed by atoms with Gasteiger partial charge in [-0.15, -0.1) is 0 Å². The molecule has 1 aromatic carbocycles. The maximum atomic E-state index is 12.4. The third kappa shape index (κ3) is 5.79. The molecule has 0 aliphatic carbocycles. The predicted octanol–water partition coefficient (Wildman–Crippen LogP) is 3.72. The van der Waals surface area contributed by atoms with Gasteiger partial charge in [-0.3, -0.25) is 0 Å². The highest BCUT2D eigenvalue weighted by atomic mass is 16.6. The minimum Gasteiger partial charge on any atom is -0.445 e. The van der Waals surface area contributed by atoms with E-state index in [2.05, 4.69) is 11.9 Å². The molecule has 1 aromatic rings. The molecule has 0 radical (unpaired) electrons. The van der Waals surface area contributed by atoms with E-state index in [0.717, 1.165) is 11.1 Å². The quantitative estimate of drug-likeness (QED) is 0.831. The molecule has 142 valence electrons. The van der Waals surface area contributed by atoms with Crippen LogP contribution in [0.25, 0.3) is 0 Å². The van der Waals surface area contributed by atoms with Gasteiger partial charge in [0.2, 0.25) is 0 Å². The maximum absolute atomic E-state index is 12.4. The predicted molar refractivity (Wildman–Crippen MR) is 99.7 cm³/mol. The van der Waals surface area contributed by atoms with Crippen LogP contribution >= 0.6 is 0 Å². The van der Waals surface area contributed by atoms with Crippen molar-refractivity contribution >= 4 is 12.2 Å². The van der Waals surface area contributed by atoms with Crippen molar-refractivity contribution in [2.75, 3.05) is 13.1 Å². The van der Waals surface area contributed by atoms with Crippen LogP contribution < -0.4 is 5.32 Å². The summed E-state index contributed by atoms with van der Waals surface area (Å²) in [7, 11) is 0. The fourth-order valence-corrected chi connectivity index (χ4v) is 2.87. The van der Waals surface area contributed by atoms with Crippen LogP contribution in [-0.2, 0) is 16.1 Å². The van der Waals surface area contributed by atoms with Crippen molar-refractivity contribution in [2.24, 2.45) is 5.92 Å². The number of carbonyl (C=O) groups is 2. The number of benzene rings is 1. The number of nitrogens with zero attached hydrogens (tertiary/aromatic N) is 1. The molecular formula is C20H28N2O4. The van der Waals surface area contributed by atoms with Gasteiger partial charge in [-0.05, 0) is 33.3 Å². The summed E-state index contributed by atoms with van der Waals surface area (Å²) in [6.07, 6.45) is -0.887. The second kappa shape index (κ2) is 8.25. The normalized spacial score (nSPS) is 19.8. The minimum absolute atomic E-state index is 0.0354. The van der Waals surface area contributed by atoms with Gasteiger partial charge in [0.25, 0.3) is 0 Å². The molecule has 1 heterocycles. The second-order valence-electron chi connectivity index (χ2n) is 7.65. The van der Waals surface area contributed by atoms with Gasteiger partial charge in [0, 0.05) is 19.0 Å². The Morgan fingerprint density at radius 2 is 1.88 bits per heavy atom. The standard InChI is InChI=1S/C20H28N2O4/c1-14(2)16-11-22(12-17(16)21-18(23)26-20(3,4)5)19(24)25-13-15-9-7-6-8-10-15/h6-10,16-17H,1,11-13H2,2-5H3,(H,21,23)/t16-,17-/m1/s1. The van der Waals surface area contributed by atoms with E-state index in [1.54, 1.807) is 4.90 Å². The number of alkyl carbamates (subject to hydrolysis) is 1. The molecule has 6 heteroatoms. The van der Waals surface area contributed by atoms with Gasteiger partial charge in [0.15, 0.2) is 0 Å². The van der Waals surface area contributed by atoms with Crippen LogP contribution in [0.5, 0.6) is 0 Å². The molecule has 6 nitrogen and oxygen atoms in total. The number of amides is 2. The van der Waals surface area contributed by atoms with Crippen LogP contribution in [0.4, 0.5) is 9.59 Å². The molecule has 0 spiro atoms. The zero-order valence-electron chi connectivity index (χ0n) is 16.0. The monoisotopic (exact) mass is 360 g/mol. The number of hydrogen-bond donors (Lipinski definition) is 1. The van der Waals surface area contributed by atoms with Crippen LogP contribution in [0.1, 0.15) is 33.3 Å². The van der Waals surface area contributed by atoms with E-state index in [0.29, 0.717) is 13.1 Å². The average Bonchev–Trinajstić information content (AvgIpc) is 2.95. The number of rotatable bonds is 4. The molecule has 0 saturated carbocycles. The average molecular weight is 360 g/mol. The number of hydrogen-bond acceptors (Lipinski definition) is 4. The van der Waals surface area contributed by atoms with Gasteiger partial charge in [0.1, 0.15) is 12.2 Å². The van der Waals surface area contributed by atoms with E-state index < -0.39 is 17.8 Å². The first-order valence-corrected chi connectivity index (χ1v) is 8.76. The topological polar surface area (TPSA) is 67.9 Å². The van der Waals surface area contributed by atoms with Crippen LogP contribution in [0.15, 0.2) is 42.5 Å². The maximum Gasteiger partial charge on any atom is 0.410 e. The number of nitrogens with one attached hydrogen (secondary N) is 1. The Morgan fingerprint density at radius 1 is 1.23 bits per heavy atom. The lowest BCUT2D eigenvalue weighted by molar-refractivity contribution is 0.0497. The van der Waals surface area contributed by atoms with Crippen molar-refractivity contribution in [3.8, 4) is 0 Å². The molecule has 2 amide bonds. The molecule has 1 saturated heterocycles. The first-order chi connectivity index (χ1) is 12.2. The third-order valence-electron chi connectivity index (χ3n) is 4.12. The molecule has 0 bridgehead atoms. The Balaban J connectivity index is 1.93. The van der Waals surface area contributed by atoms with E-state index in [1.807, 2.05) is 58.0 Å². The molecule has 1 aliphatic rings. The van der Waals surface area contributed by atoms with Crippen molar-refractivity contribution in [2.45, 2.75) is 45.9 Å². The summed E-state index contributed by atoms with van der Waals surface area (Å²) in [5.74, 6) is -0.0354. The smallest absolute Gasteiger partial charge is 0.410 e. The van der Waals surface area contributed by atoms with E-state index in [-0.39, 0.29) is 18.6 Å². The van der Waals surface area contributed by atoms with Crippen LogP contribution in [0.3, 0.4) is 0 Å². The Labute approximate surface area is 155 Å².